The summed E-state index contributed by atoms with van der Waals surface area (Å²) in [5.41, 5.74) is 3.26. The Hall–Kier alpha value is -1.13. The highest BCUT2D eigenvalue weighted by atomic mass is 32.1. The summed E-state index contributed by atoms with van der Waals surface area (Å²) in [4.78, 5) is 5.39. The normalized spacial score (nSPS) is 12.8. The van der Waals surface area contributed by atoms with Crippen LogP contribution in [0.3, 0.4) is 0 Å². The Balaban J connectivity index is 2.04. The number of rotatable bonds is 6. The monoisotopic (exact) mass is 249 g/mol. The molecule has 0 aliphatic rings. The van der Waals surface area contributed by atoms with Crippen LogP contribution in [0.2, 0.25) is 0 Å². The van der Waals surface area contributed by atoms with E-state index in [1.807, 2.05) is 11.7 Å². The first kappa shape index (κ1) is 12.3. The number of nitrogens with one attached hydrogen (secondary N) is 1. The molecular weight excluding hydrogens is 230 g/mol. The van der Waals surface area contributed by atoms with Gasteiger partial charge in [-0.1, -0.05) is 13.8 Å². The molecular formula is C13H19N3S. The second-order valence-electron chi connectivity index (χ2n) is 4.10. The predicted molar refractivity (Wildman–Crippen MR) is 72.4 cm³/mol. The lowest BCUT2D eigenvalue weighted by Crippen LogP contribution is -2.19. The molecule has 1 atom stereocenters. The molecule has 3 nitrogen and oxygen atoms in total. The van der Waals surface area contributed by atoms with Crippen molar-refractivity contribution in [1.82, 2.24) is 14.9 Å². The molecule has 4 heteroatoms. The highest BCUT2D eigenvalue weighted by molar-refractivity contribution is 7.09. The van der Waals surface area contributed by atoms with Gasteiger partial charge < -0.3 is 9.88 Å². The van der Waals surface area contributed by atoms with E-state index in [0.29, 0.717) is 6.04 Å². The summed E-state index contributed by atoms with van der Waals surface area (Å²) in [6.45, 7) is 6.30. The van der Waals surface area contributed by atoms with Gasteiger partial charge in [0.2, 0.25) is 0 Å². The van der Waals surface area contributed by atoms with Gasteiger partial charge in [-0.15, -0.1) is 11.3 Å². The second kappa shape index (κ2) is 5.98. The fourth-order valence-corrected chi connectivity index (χ4v) is 2.61. The van der Waals surface area contributed by atoms with Crippen LogP contribution in [0.4, 0.5) is 0 Å². The summed E-state index contributed by atoms with van der Waals surface area (Å²) in [6, 6.07) is 2.68. The lowest BCUT2D eigenvalue weighted by molar-refractivity contribution is 0.536. The topological polar surface area (TPSA) is 29.9 Å². The van der Waals surface area contributed by atoms with E-state index in [0.717, 1.165) is 19.5 Å². The van der Waals surface area contributed by atoms with Crippen molar-refractivity contribution in [3.63, 3.8) is 0 Å². The Kier molecular flexibility index (Phi) is 4.34. The van der Waals surface area contributed by atoms with Crippen molar-refractivity contribution in [3.8, 4) is 0 Å². The summed E-state index contributed by atoms with van der Waals surface area (Å²) in [5.74, 6) is 0. The van der Waals surface area contributed by atoms with Gasteiger partial charge in [-0.25, -0.2) is 0 Å². The summed E-state index contributed by atoms with van der Waals surface area (Å²) < 4.78 is 2.23. The van der Waals surface area contributed by atoms with E-state index >= 15 is 0 Å². The minimum absolute atomic E-state index is 0.475. The van der Waals surface area contributed by atoms with Gasteiger partial charge in [0.05, 0.1) is 12.1 Å². The molecule has 0 saturated carbocycles. The van der Waals surface area contributed by atoms with E-state index in [-0.39, 0.29) is 0 Å². The van der Waals surface area contributed by atoms with Crippen LogP contribution in [0.1, 0.15) is 36.8 Å². The van der Waals surface area contributed by atoms with Crippen LogP contribution >= 0.6 is 11.3 Å². The Bertz CT molecular complexity index is 433. The third-order valence-electron chi connectivity index (χ3n) is 2.86. The van der Waals surface area contributed by atoms with Gasteiger partial charge in [0.25, 0.3) is 0 Å². The Morgan fingerprint density at radius 1 is 1.47 bits per heavy atom. The smallest absolute Gasteiger partial charge is 0.0794 e. The molecule has 0 bridgehead atoms. The minimum atomic E-state index is 0.475. The molecule has 0 spiro atoms. The number of aromatic nitrogens is 2. The van der Waals surface area contributed by atoms with Crippen LogP contribution in [0.5, 0.6) is 0 Å². The molecule has 0 aliphatic carbocycles. The number of nitrogens with zero attached hydrogens (tertiary/aromatic N) is 2. The quantitative estimate of drug-likeness (QED) is 0.852. The van der Waals surface area contributed by atoms with Crippen molar-refractivity contribution in [2.24, 2.45) is 0 Å². The van der Waals surface area contributed by atoms with Gasteiger partial charge in [-0.3, -0.25) is 4.98 Å². The van der Waals surface area contributed by atoms with Gasteiger partial charge in [0.1, 0.15) is 0 Å². The van der Waals surface area contributed by atoms with Gasteiger partial charge in [0.15, 0.2) is 0 Å². The Morgan fingerprint density at radius 2 is 2.35 bits per heavy atom. The summed E-state index contributed by atoms with van der Waals surface area (Å²) in [7, 11) is 0. The van der Waals surface area contributed by atoms with Crippen LogP contribution < -0.4 is 5.32 Å². The fourth-order valence-electron chi connectivity index (χ4n) is 2.01. The molecule has 92 valence electrons. The lowest BCUT2D eigenvalue weighted by atomic mass is 10.1. The number of hydrogen-bond donors (Lipinski definition) is 1. The van der Waals surface area contributed by atoms with Gasteiger partial charge in [-0.2, -0.15) is 0 Å². The van der Waals surface area contributed by atoms with E-state index in [1.54, 1.807) is 11.3 Å². The van der Waals surface area contributed by atoms with Crippen LogP contribution in [0.15, 0.2) is 30.2 Å². The van der Waals surface area contributed by atoms with Crippen molar-refractivity contribution in [2.75, 3.05) is 6.54 Å². The number of thiazole rings is 1. The molecule has 2 aromatic heterocycles. The van der Waals surface area contributed by atoms with Gasteiger partial charge in [-0.05, 0) is 24.6 Å². The molecule has 2 aromatic rings. The van der Waals surface area contributed by atoms with Crippen molar-refractivity contribution in [1.29, 1.82) is 0 Å². The highest BCUT2D eigenvalue weighted by Crippen LogP contribution is 2.18. The fraction of sp³-hybridized carbons (Fsp3) is 0.462. The molecule has 0 fully saturated rings. The van der Waals surface area contributed by atoms with Crippen LogP contribution in [-0.4, -0.2) is 16.1 Å². The van der Waals surface area contributed by atoms with Crippen LogP contribution in [-0.2, 0) is 6.54 Å². The Labute approximate surface area is 107 Å². The van der Waals surface area contributed by atoms with E-state index in [1.165, 1.54) is 10.4 Å². The Morgan fingerprint density at radius 3 is 3.00 bits per heavy atom. The first-order valence-electron chi connectivity index (χ1n) is 6.10. The van der Waals surface area contributed by atoms with Crippen molar-refractivity contribution in [2.45, 2.75) is 32.9 Å². The highest BCUT2D eigenvalue weighted by Gasteiger charge is 2.09. The molecule has 2 heterocycles. The molecule has 0 radical (unpaired) electrons. The van der Waals surface area contributed by atoms with Gasteiger partial charge in [0, 0.05) is 29.5 Å². The zero-order chi connectivity index (χ0) is 12.1. The van der Waals surface area contributed by atoms with Crippen molar-refractivity contribution in [3.05, 3.63) is 40.6 Å². The third-order valence-corrected chi connectivity index (χ3v) is 3.62. The lowest BCUT2D eigenvalue weighted by Gasteiger charge is -2.13. The minimum Gasteiger partial charge on any atom is -0.349 e. The maximum Gasteiger partial charge on any atom is 0.0794 e. The molecule has 0 aliphatic heterocycles. The van der Waals surface area contributed by atoms with E-state index < -0.39 is 0 Å². The summed E-state index contributed by atoms with van der Waals surface area (Å²) >= 11 is 1.70. The van der Waals surface area contributed by atoms with Crippen LogP contribution in [0, 0.1) is 0 Å². The zero-order valence-electron chi connectivity index (χ0n) is 10.4. The molecule has 1 N–H and O–H groups in total. The summed E-state index contributed by atoms with van der Waals surface area (Å²) in [5, 5.41) is 3.50. The van der Waals surface area contributed by atoms with Crippen LogP contribution in [0.25, 0.3) is 0 Å². The zero-order valence-corrected chi connectivity index (χ0v) is 11.2. The number of hydrogen-bond acceptors (Lipinski definition) is 3. The van der Waals surface area contributed by atoms with Crippen molar-refractivity contribution >= 4 is 11.3 Å². The van der Waals surface area contributed by atoms with E-state index in [2.05, 4.69) is 47.2 Å². The molecule has 17 heavy (non-hydrogen) atoms. The molecule has 1 unspecified atom stereocenters. The predicted octanol–water partition coefficient (Wildman–Crippen LogP) is 3.05. The van der Waals surface area contributed by atoms with E-state index in [4.69, 9.17) is 0 Å². The first-order valence-corrected chi connectivity index (χ1v) is 6.97. The average Bonchev–Trinajstić information content (AvgIpc) is 2.98. The third kappa shape index (κ3) is 3.17. The standard InChI is InChI=1S/C13H19N3S/c1-3-13(15-4-2)11-5-6-16(8-11)9-12-7-14-10-17-12/h5-8,10,13,15H,3-4,9H2,1-2H3. The van der Waals surface area contributed by atoms with Crippen molar-refractivity contribution < 1.29 is 0 Å². The first-order chi connectivity index (χ1) is 8.33. The molecule has 0 amide bonds. The summed E-state index contributed by atoms with van der Waals surface area (Å²) in [6.07, 6.45) is 7.44. The second-order valence-corrected chi connectivity index (χ2v) is 5.07. The SMILES string of the molecule is CCNC(CC)c1ccn(Cc2cncs2)c1. The van der Waals surface area contributed by atoms with E-state index in [9.17, 15) is 0 Å². The molecule has 2 rings (SSSR count). The maximum absolute atomic E-state index is 4.10. The van der Waals surface area contributed by atoms with Gasteiger partial charge >= 0.3 is 0 Å². The average molecular weight is 249 g/mol. The maximum atomic E-state index is 4.10. The largest absolute Gasteiger partial charge is 0.349 e. The molecule has 0 saturated heterocycles. The molecule has 0 aromatic carbocycles.